The molecule has 0 saturated carbocycles. The van der Waals surface area contributed by atoms with Crippen LogP contribution >= 0.6 is 11.3 Å². The third-order valence-corrected chi connectivity index (χ3v) is 6.28. The highest BCUT2D eigenvalue weighted by atomic mass is 32.1. The summed E-state index contributed by atoms with van der Waals surface area (Å²) in [7, 11) is 0. The quantitative estimate of drug-likeness (QED) is 0.618. The zero-order chi connectivity index (χ0) is 19.6. The van der Waals surface area contributed by atoms with Crippen molar-refractivity contribution in [1.82, 2.24) is 14.8 Å². The monoisotopic (exact) mass is 404 g/mol. The van der Waals surface area contributed by atoms with Gasteiger partial charge in [-0.05, 0) is 29.8 Å². The predicted octanol–water partition coefficient (Wildman–Crippen LogP) is 3.71. The number of hydrogen-bond donors (Lipinski definition) is 0. The van der Waals surface area contributed by atoms with E-state index in [0.29, 0.717) is 12.4 Å². The average molecular weight is 404 g/mol. The number of para-hydroxylation sites is 1. The van der Waals surface area contributed by atoms with Crippen LogP contribution in [0.5, 0.6) is 11.5 Å². The molecule has 1 saturated heterocycles. The molecule has 1 fully saturated rings. The number of rotatable bonds is 4. The van der Waals surface area contributed by atoms with Crippen molar-refractivity contribution in [1.29, 1.82) is 5.26 Å². The molecule has 0 bridgehead atoms. The zero-order valence-corrected chi connectivity index (χ0v) is 16.7. The maximum Gasteiger partial charge on any atom is 0.231 e. The molecule has 3 aromatic rings. The fraction of sp³-hybridized carbons (Fsp3) is 0.273. The normalized spacial score (nSPS) is 16.9. The van der Waals surface area contributed by atoms with Crippen LogP contribution in [0.3, 0.4) is 0 Å². The van der Waals surface area contributed by atoms with E-state index >= 15 is 0 Å². The van der Waals surface area contributed by atoms with E-state index in [2.05, 4.69) is 33.0 Å². The fourth-order valence-corrected chi connectivity index (χ4v) is 4.58. The maximum atomic E-state index is 9.65. The number of benzene rings is 2. The van der Waals surface area contributed by atoms with Crippen LogP contribution in [0.1, 0.15) is 10.6 Å². The molecule has 7 heteroatoms. The summed E-state index contributed by atoms with van der Waals surface area (Å²) < 4.78 is 12.0. The Kier molecular flexibility index (Phi) is 4.80. The zero-order valence-electron chi connectivity index (χ0n) is 15.9. The van der Waals surface area contributed by atoms with Gasteiger partial charge in [0.1, 0.15) is 16.6 Å². The van der Waals surface area contributed by atoms with E-state index in [0.717, 1.165) is 59.4 Å². The number of fused-ring (bicyclic) bond motifs is 2. The molecular formula is C22H20N4O2S. The van der Waals surface area contributed by atoms with Crippen LogP contribution in [0.15, 0.2) is 48.7 Å². The van der Waals surface area contributed by atoms with E-state index in [9.17, 15) is 5.26 Å². The molecule has 2 aliphatic heterocycles. The van der Waals surface area contributed by atoms with Gasteiger partial charge in [0.15, 0.2) is 11.5 Å². The van der Waals surface area contributed by atoms with Gasteiger partial charge in [-0.2, -0.15) is 5.26 Å². The minimum atomic E-state index is 0.305. The Balaban J connectivity index is 1.23. The Hall–Kier alpha value is -3.08. The van der Waals surface area contributed by atoms with Gasteiger partial charge >= 0.3 is 0 Å². The van der Waals surface area contributed by atoms with Crippen LogP contribution in [-0.2, 0) is 6.54 Å². The Morgan fingerprint density at radius 3 is 2.76 bits per heavy atom. The maximum absolute atomic E-state index is 9.65. The molecule has 5 rings (SSSR count). The summed E-state index contributed by atoms with van der Waals surface area (Å²) in [5.41, 5.74) is 2.81. The third kappa shape index (κ3) is 3.77. The molecule has 29 heavy (non-hydrogen) atoms. The Morgan fingerprint density at radius 1 is 1.10 bits per heavy atom. The first-order valence-corrected chi connectivity index (χ1v) is 10.4. The lowest BCUT2D eigenvalue weighted by atomic mass is 10.1. The second kappa shape index (κ2) is 7.74. The second-order valence-electron chi connectivity index (χ2n) is 7.14. The molecule has 146 valence electrons. The number of aromatic nitrogens is 1. The van der Waals surface area contributed by atoms with Gasteiger partial charge in [0, 0.05) is 38.9 Å². The van der Waals surface area contributed by atoms with Gasteiger partial charge in [-0.15, -0.1) is 11.3 Å². The molecule has 6 nitrogen and oxygen atoms in total. The predicted molar refractivity (Wildman–Crippen MR) is 113 cm³/mol. The molecule has 0 spiro atoms. The first-order chi connectivity index (χ1) is 14.3. The molecule has 0 aliphatic carbocycles. The summed E-state index contributed by atoms with van der Waals surface area (Å²) in [6.07, 6.45) is 1.97. The van der Waals surface area contributed by atoms with Gasteiger partial charge in [0.05, 0.1) is 10.2 Å². The highest BCUT2D eigenvalue weighted by Crippen LogP contribution is 2.33. The summed E-state index contributed by atoms with van der Waals surface area (Å²) in [4.78, 5) is 9.26. The van der Waals surface area contributed by atoms with E-state index in [1.165, 1.54) is 5.56 Å². The highest BCUT2D eigenvalue weighted by Gasteiger charge is 2.19. The van der Waals surface area contributed by atoms with Crippen LogP contribution in [-0.4, -0.2) is 47.8 Å². The highest BCUT2D eigenvalue weighted by molar-refractivity contribution is 7.19. The van der Waals surface area contributed by atoms with E-state index in [-0.39, 0.29) is 0 Å². The van der Waals surface area contributed by atoms with E-state index in [1.54, 1.807) is 11.3 Å². The minimum absolute atomic E-state index is 0.305. The lowest BCUT2D eigenvalue weighted by Gasteiger charge is -2.34. The number of hydrogen-bond acceptors (Lipinski definition) is 7. The van der Waals surface area contributed by atoms with E-state index in [4.69, 9.17) is 9.47 Å². The smallest absolute Gasteiger partial charge is 0.231 e. The first-order valence-electron chi connectivity index (χ1n) is 9.61. The Labute approximate surface area is 173 Å². The van der Waals surface area contributed by atoms with Crippen molar-refractivity contribution in [3.8, 4) is 17.6 Å². The summed E-state index contributed by atoms with van der Waals surface area (Å²) in [6.45, 7) is 4.87. The second-order valence-corrected chi connectivity index (χ2v) is 8.17. The van der Waals surface area contributed by atoms with Crippen LogP contribution in [0, 0.1) is 11.3 Å². The topological polar surface area (TPSA) is 61.6 Å². The van der Waals surface area contributed by atoms with Crippen molar-refractivity contribution in [3.05, 3.63) is 59.2 Å². The summed E-state index contributed by atoms with van der Waals surface area (Å²) in [5, 5.41) is 10.4. The van der Waals surface area contributed by atoms with Crippen molar-refractivity contribution in [2.45, 2.75) is 6.54 Å². The fourth-order valence-electron chi connectivity index (χ4n) is 3.65. The minimum Gasteiger partial charge on any atom is -0.454 e. The van der Waals surface area contributed by atoms with Gasteiger partial charge in [0.2, 0.25) is 6.79 Å². The Bertz CT molecular complexity index is 1080. The molecule has 1 aromatic heterocycles. The molecule has 2 aliphatic rings. The molecule has 0 unspecified atom stereocenters. The molecule has 0 atom stereocenters. The van der Waals surface area contributed by atoms with Crippen LogP contribution < -0.4 is 9.47 Å². The molecule has 0 radical (unpaired) electrons. The van der Waals surface area contributed by atoms with Gasteiger partial charge in [0.25, 0.3) is 0 Å². The van der Waals surface area contributed by atoms with Gasteiger partial charge < -0.3 is 14.4 Å². The number of allylic oxidation sites excluding steroid dienone is 1. The average Bonchev–Trinajstić information content (AvgIpc) is 3.39. The number of thiazole rings is 1. The summed E-state index contributed by atoms with van der Waals surface area (Å²) in [6, 6.07) is 16.5. The van der Waals surface area contributed by atoms with Gasteiger partial charge in [-0.25, -0.2) is 4.98 Å². The van der Waals surface area contributed by atoms with Crippen molar-refractivity contribution in [2.24, 2.45) is 0 Å². The third-order valence-electron chi connectivity index (χ3n) is 5.21. The van der Waals surface area contributed by atoms with E-state index < -0.39 is 0 Å². The van der Waals surface area contributed by atoms with E-state index in [1.807, 2.05) is 36.5 Å². The van der Waals surface area contributed by atoms with Crippen LogP contribution in [0.2, 0.25) is 0 Å². The molecule has 2 aromatic carbocycles. The summed E-state index contributed by atoms with van der Waals surface area (Å²) >= 11 is 1.57. The van der Waals surface area contributed by atoms with Crippen molar-refractivity contribution in [2.75, 3.05) is 33.0 Å². The SMILES string of the molecule is N#C/C(=C\N1CCN(Cc2ccc3c(c2)OCO3)CC1)c1nc2ccccc2s1. The summed E-state index contributed by atoms with van der Waals surface area (Å²) in [5.74, 6) is 1.65. The van der Waals surface area contributed by atoms with Crippen molar-refractivity contribution >= 4 is 27.1 Å². The molecule has 0 N–H and O–H groups in total. The standard InChI is InChI=1S/C22H20N4O2S/c23-12-17(22-24-18-3-1-2-4-21(18)29-22)14-26-9-7-25(8-10-26)13-16-5-6-19-20(11-16)28-15-27-19/h1-6,11,14H,7-10,13,15H2/b17-14+. The number of nitriles is 1. The number of nitrogens with zero attached hydrogens (tertiary/aromatic N) is 4. The first kappa shape index (κ1) is 18.0. The lowest BCUT2D eigenvalue weighted by Crippen LogP contribution is -2.43. The molecular weight excluding hydrogens is 384 g/mol. The van der Waals surface area contributed by atoms with Crippen molar-refractivity contribution < 1.29 is 9.47 Å². The van der Waals surface area contributed by atoms with Gasteiger partial charge in [-0.3, -0.25) is 4.90 Å². The molecule has 3 heterocycles. The Morgan fingerprint density at radius 2 is 1.93 bits per heavy atom. The van der Waals surface area contributed by atoms with Crippen molar-refractivity contribution in [3.63, 3.8) is 0 Å². The number of ether oxygens (including phenoxy) is 2. The lowest BCUT2D eigenvalue weighted by molar-refractivity contribution is 0.162. The van der Waals surface area contributed by atoms with Crippen LogP contribution in [0.25, 0.3) is 15.8 Å². The van der Waals surface area contributed by atoms with Gasteiger partial charge in [-0.1, -0.05) is 18.2 Å². The number of piperazine rings is 1. The van der Waals surface area contributed by atoms with Crippen LogP contribution in [0.4, 0.5) is 0 Å². The largest absolute Gasteiger partial charge is 0.454 e. The molecule has 0 amide bonds.